The highest BCUT2D eigenvalue weighted by molar-refractivity contribution is 5.40. The molecule has 3 nitrogen and oxygen atoms in total. The van der Waals surface area contributed by atoms with Gasteiger partial charge in [-0.05, 0) is 37.5 Å². The number of hydrogen-bond acceptors (Lipinski definition) is 3. The van der Waals surface area contributed by atoms with Gasteiger partial charge in [-0.25, -0.2) is 4.98 Å². The van der Waals surface area contributed by atoms with Crippen molar-refractivity contribution >= 4 is 5.82 Å². The van der Waals surface area contributed by atoms with E-state index in [9.17, 15) is 0 Å². The van der Waals surface area contributed by atoms with E-state index in [1.165, 1.54) is 25.7 Å². The van der Waals surface area contributed by atoms with Crippen molar-refractivity contribution in [3.05, 3.63) is 23.4 Å². The number of nitrogens with two attached hydrogens (primary N) is 1. The summed E-state index contributed by atoms with van der Waals surface area (Å²) in [7, 11) is 0. The van der Waals surface area contributed by atoms with E-state index in [0.717, 1.165) is 17.1 Å². The van der Waals surface area contributed by atoms with Gasteiger partial charge in [0.15, 0.2) is 0 Å². The summed E-state index contributed by atoms with van der Waals surface area (Å²) in [4.78, 5) is 4.48. The summed E-state index contributed by atoms with van der Waals surface area (Å²) in [6.45, 7) is 2.60. The van der Waals surface area contributed by atoms with Crippen LogP contribution in [0.15, 0.2) is 12.1 Å². The van der Waals surface area contributed by atoms with Gasteiger partial charge in [0.25, 0.3) is 0 Å². The Labute approximate surface area is 91.1 Å². The number of hydrogen-bond donors (Lipinski definition) is 2. The first-order valence-electron chi connectivity index (χ1n) is 5.72. The van der Waals surface area contributed by atoms with E-state index >= 15 is 0 Å². The maximum atomic E-state index is 5.64. The minimum atomic E-state index is 0.586. The molecular weight excluding hydrogens is 186 g/mol. The van der Waals surface area contributed by atoms with E-state index < -0.39 is 0 Å². The van der Waals surface area contributed by atoms with E-state index in [4.69, 9.17) is 5.73 Å². The van der Waals surface area contributed by atoms with E-state index in [2.05, 4.69) is 16.4 Å². The molecule has 1 aliphatic rings. The molecule has 0 aromatic carbocycles. The number of anilines is 1. The third-order valence-electron chi connectivity index (χ3n) is 2.96. The Morgan fingerprint density at radius 3 is 2.80 bits per heavy atom. The lowest BCUT2D eigenvalue weighted by atomic mass is 10.2. The molecule has 0 saturated heterocycles. The van der Waals surface area contributed by atoms with Crippen molar-refractivity contribution in [1.82, 2.24) is 4.98 Å². The smallest absolute Gasteiger partial charge is 0.126 e. The van der Waals surface area contributed by atoms with Gasteiger partial charge >= 0.3 is 0 Å². The van der Waals surface area contributed by atoms with Crippen molar-refractivity contribution < 1.29 is 0 Å². The summed E-state index contributed by atoms with van der Waals surface area (Å²) in [5.74, 6) is 0.988. The van der Waals surface area contributed by atoms with Gasteiger partial charge in [-0.15, -0.1) is 0 Å². The van der Waals surface area contributed by atoms with Gasteiger partial charge in [0.05, 0.1) is 0 Å². The molecule has 0 atom stereocenters. The van der Waals surface area contributed by atoms with Gasteiger partial charge in [0.1, 0.15) is 5.82 Å². The minimum absolute atomic E-state index is 0.586. The molecule has 0 bridgehead atoms. The lowest BCUT2D eigenvalue weighted by molar-refractivity contribution is 0.749. The second kappa shape index (κ2) is 4.62. The topological polar surface area (TPSA) is 50.9 Å². The van der Waals surface area contributed by atoms with Gasteiger partial charge in [0, 0.05) is 18.3 Å². The summed E-state index contributed by atoms with van der Waals surface area (Å²) in [6, 6.07) is 4.72. The van der Waals surface area contributed by atoms with Gasteiger partial charge in [-0.3, -0.25) is 0 Å². The molecule has 2 rings (SSSR count). The molecule has 0 unspecified atom stereocenters. The molecule has 1 aromatic rings. The number of pyridine rings is 1. The summed E-state index contributed by atoms with van der Waals surface area (Å²) < 4.78 is 0. The first kappa shape index (κ1) is 10.4. The number of aromatic nitrogens is 1. The molecule has 1 aromatic heterocycles. The van der Waals surface area contributed by atoms with E-state index in [1.54, 1.807) is 0 Å². The third-order valence-corrected chi connectivity index (χ3v) is 2.96. The Balaban J connectivity index is 2.09. The maximum absolute atomic E-state index is 5.64. The molecule has 1 saturated carbocycles. The number of nitrogens with one attached hydrogen (secondary N) is 1. The van der Waals surface area contributed by atoms with E-state index in [0.29, 0.717) is 12.6 Å². The zero-order chi connectivity index (χ0) is 10.7. The lowest BCUT2D eigenvalue weighted by Crippen LogP contribution is -2.16. The summed E-state index contributed by atoms with van der Waals surface area (Å²) in [5.41, 5.74) is 7.84. The quantitative estimate of drug-likeness (QED) is 0.795. The van der Waals surface area contributed by atoms with Crippen molar-refractivity contribution in [2.75, 3.05) is 5.32 Å². The minimum Gasteiger partial charge on any atom is -0.367 e. The van der Waals surface area contributed by atoms with Crippen molar-refractivity contribution in [2.45, 2.75) is 45.2 Å². The fourth-order valence-electron chi connectivity index (χ4n) is 2.21. The fourth-order valence-corrected chi connectivity index (χ4v) is 2.21. The molecule has 3 N–H and O–H groups in total. The van der Waals surface area contributed by atoms with Crippen LogP contribution < -0.4 is 11.1 Å². The highest BCUT2D eigenvalue weighted by atomic mass is 15.0. The molecule has 3 heteroatoms. The largest absolute Gasteiger partial charge is 0.367 e. The Morgan fingerprint density at radius 2 is 2.13 bits per heavy atom. The van der Waals surface area contributed by atoms with Gasteiger partial charge in [-0.1, -0.05) is 12.8 Å². The molecular formula is C12H19N3. The first-order valence-corrected chi connectivity index (χ1v) is 5.72. The Bertz CT molecular complexity index is 330. The van der Waals surface area contributed by atoms with Crippen LogP contribution in [0.4, 0.5) is 5.82 Å². The lowest BCUT2D eigenvalue weighted by Gasteiger charge is -2.13. The Kier molecular flexibility index (Phi) is 3.21. The average Bonchev–Trinajstić information content (AvgIpc) is 2.69. The van der Waals surface area contributed by atoms with Crippen LogP contribution in [0.1, 0.15) is 36.9 Å². The highest BCUT2D eigenvalue weighted by Crippen LogP contribution is 2.22. The first-order chi connectivity index (χ1) is 7.28. The summed E-state index contributed by atoms with van der Waals surface area (Å²) >= 11 is 0. The molecule has 1 aliphatic carbocycles. The van der Waals surface area contributed by atoms with Crippen LogP contribution in [-0.4, -0.2) is 11.0 Å². The summed E-state index contributed by atoms with van der Waals surface area (Å²) in [6.07, 6.45) is 5.22. The second-order valence-corrected chi connectivity index (χ2v) is 4.33. The van der Waals surface area contributed by atoms with Crippen molar-refractivity contribution in [2.24, 2.45) is 5.73 Å². The molecule has 0 radical (unpaired) electrons. The summed E-state index contributed by atoms with van der Waals surface area (Å²) in [5, 5.41) is 3.49. The number of aryl methyl sites for hydroxylation is 1. The number of rotatable bonds is 3. The Morgan fingerprint density at radius 1 is 1.40 bits per heavy atom. The van der Waals surface area contributed by atoms with Gasteiger partial charge in [-0.2, -0.15) is 0 Å². The monoisotopic (exact) mass is 205 g/mol. The molecule has 0 aliphatic heterocycles. The molecule has 15 heavy (non-hydrogen) atoms. The van der Waals surface area contributed by atoms with Crippen LogP contribution in [0.5, 0.6) is 0 Å². The Hall–Kier alpha value is -1.09. The van der Waals surface area contributed by atoms with Crippen molar-refractivity contribution in [3.63, 3.8) is 0 Å². The third kappa shape index (κ3) is 2.69. The predicted molar refractivity (Wildman–Crippen MR) is 62.7 cm³/mol. The van der Waals surface area contributed by atoms with Crippen LogP contribution in [0.2, 0.25) is 0 Å². The molecule has 0 amide bonds. The van der Waals surface area contributed by atoms with Crippen LogP contribution in [0.3, 0.4) is 0 Å². The standard InChI is InChI=1S/C12H19N3/c1-9-6-10(8-13)7-12(14-9)15-11-4-2-3-5-11/h6-7,11H,2-5,8,13H2,1H3,(H,14,15). The van der Waals surface area contributed by atoms with Crippen molar-refractivity contribution in [3.8, 4) is 0 Å². The van der Waals surface area contributed by atoms with Crippen LogP contribution in [-0.2, 0) is 6.54 Å². The molecule has 1 fully saturated rings. The second-order valence-electron chi connectivity index (χ2n) is 4.33. The highest BCUT2D eigenvalue weighted by Gasteiger charge is 2.14. The molecule has 82 valence electrons. The van der Waals surface area contributed by atoms with E-state index in [-0.39, 0.29) is 0 Å². The zero-order valence-electron chi connectivity index (χ0n) is 9.29. The van der Waals surface area contributed by atoms with Gasteiger partial charge in [0.2, 0.25) is 0 Å². The fraction of sp³-hybridized carbons (Fsp3) is 0.583. The van der Waals surface area contributed by atoms with Crippen LogP contribution in [0.25, 0.3) is 0 Å². The van der Waals surface area contributed by atoms with Crippen molar-refractivity contribution in [1.29, 1.82) is 0 Å². The van der Waals surface area contributed by atoms with Gasteiger partial charge < -0.3 is 11.1 Å². The van der Waals surface area contributed by atoms with Crippen LogP contribution in [0, 0.1) is 6.92 Å². The molecule has 0 spiro atoms. The maximum Gasteiger partial charge on any atom is 0.126 e. The molecule has 1 heterocycles. The SMILES string of the molecule is Cc1cc(CN)cc(NC2CCCC2)n1. The van der Waals surface area contributed by atoms with E-state index in [1.807, 2.05) is 13.0 Å². The zero-order valence-corrected chi connectivity index (χ0v) is 9.29. The van der Waals surface area contributed by atoms with Crippen LogP contribution >= 0.6 is 0 Å². The normalized spacial score (nSPS) is 16.9. The average molecular weight is 205 g/mol. The number of nitrogens with zero attached hydrogens (tertiary/aromatic N) is 1. The predicted octanol–water partition coefficient (Wildman–Crippen LogP) is 2.20.